The van der Waals surface area contributed by atoms with Crippen molar-refractivity contribution in [2.45, 2.75) is 17.2 Å². The number of halogens is 2. The van der Waals surface area contributed by atoms with Gasteiger partial charge in [-0.05, 0) is 84.9 Å². The number of hydrogen-bond donors (Lipinski definition) is 1. The van der Waals surface area contributed by atoms with Crippen LogP contribution < -0.4 is 81.2 Å². The van der Waals surface area contributed by atoms with Gasteiger partial charge in [0.2, 0.25) is 10.7 Å². The topological polar surface area (TPSA) is 56.8 Å². The summed E-state index contributed by atoms with van der Waals surface area (Å²) in [5, 5.41) is 5.93. The molecule has 0 saturated heterocycles. The van der Waals surface area contributed by atoms with Gasteiger partial charge in [-0.25, -0.2) is 19.1 Å². The third-order valence-corrected chi connectivity index (χ3v) is 13.5. The number of benzene rings is 6. The second-order valence-electron chi connectivity index (χ2n) is 16.0. The highest BCUT2D eigenvalue weighted by Gasteiger charge is 2.17. The molecule has 0 atom stereocenters. The summed E-state index contributed by atoms with van der Waals surface area (Å²) in [5.41, 5.74) is 11.5. The SMILES string of the molecule is C.CN(C)c1ccc2c(c1)Sc1cc(N(C)C)ccc1N2.CN(C)c1ccc2nc3ccc(=[N+](C)C)cc-3sc2c1.CN(C)c1ccc2nc3ccc(=[N+](C)C)cc-3sc2c1.[Cl-].[I-]. The molecule has 0 fully saturated rings. The van der Waals surface area contributed by atoms with E-state index < -0.39 is 0 Å². The van der Waals surface area contributed by atoms with Gasteiger partial charge in [0.25, 0.3) is 0 Å². The fourth-order valence-corrected chi connectivity index (χ4v) is 9.65. The van der Waals surface area contributed by atoms with Crippen molar-refractivity contribution >= 4 is 89.0 Å². The quantitative estimate of drug-likeness (QED) is 0.163. The maximum atomic E-state index is 4.75. The average Bonchev–Trinajstić information content (AvgIpc) is 3.23. The number of aromatic nitrogens is 2. The van der Waals surface area contributed by atoms with Crippen LogP contribution in [-0.4, -0.2) is 94.5 Å². The summed E-state index contributed by atoms with van der Waals surface area (Å²) in [6.45, 7) is 0. The molecule has 0 radical (unpaired) electrons. The summed E-state index contributed by atoms with van der Waals surface area (Å²) in [7, 11) is 24.8. The van der Waals surface area contributed by atoms with Crippen molar-refractivity contribution < 1.29 is 36.4 Å². The van der Waals surface area contributed by atoms with Gasteiger partial charge in [0.15, 0.2) is 0 Å². The van der Waals surface area contributed by atoms with Crippen LogP contribution in [0.15, 0.2) is 119 Å². The van der Waals surface area contributed by atoms with Crippen molar-refractivity contribution in [3.8, 4) is 21.1 Å². The lowest BCUT2D eigenvalue weighted by Gasteiger charge is -2.24. The number of hydrogen-bond acceptors (Lipinski definition) is 10. The van der Waals surface area contributed by atoms with E-state index in [1.807, 2.05) is 11.8 Å². The van der Waals surface area contributed by atoms with E-state index in [4.69, 9.17) is 9.97 Å². The highest BCUT2D eigenvalue weighted by molar-refractivity contribution is 7.99. The number of rotatable bonds is 4. The Kier molecular flexibility index (Phi) is 17.6. The zero-order valence-corrected chi connectivity index (χ0v) is 42.8. The first-order valence-corrected chi connectivity index (χ1v) is 22.2. The van der Waals surface area contributed by atoms with Gasteiger partial charge in [0.1, 0.15) is 28.2 Å². The first-order chi connectivity index (χ1) is 28.6. The lowest BCUT2D eigenvalue weighted by molar-refractivity contribution is -0.00100. The van der Waals surface area contributed by atoms with Crippen LogP contribution >= 0.6 is 34.4 Å². The fraction of sp³-hybridized carbons (Fsp3) is 0.265. The van der Waals surface area contributed by atoms with Crippen LogP contribution in [0.2, 0.25) is 0 Å². The van der Waals surface area contributed by atoms with Crippen LogP contribution in [-0.2, 0) is 0 Å². The monoisotopic (exact) mass is 1030 g/mol. The Balaban J connectivity index is 0.000000203. The van der Waals surface area contributed by atoms with Crippen molar-refractivity contribution in [1.29, 1.82) is 0 Å². The van der Waals surface area contributed by atoms with Crippen LogP contribution in [0.4, 0.5) is 34.1 Å². The van der Waals surface area contributed by atoms with Crippen LogP contribution in [0.25, 0.3) is 41.6 Å². The molecule has 0 amide bonds. The molecule has 0 spiro atoms. The van der Waals surface area contributed by atoms with Crippen molar-refractivity contribution in [3.63, 3.8) is 0 Å². The number of anilines is 6. The van der Waals surface area contributed by atoms with E-state index in [1.54, 1.807) is 22.7 Å². The minimum atomic E-state index is 0. The molecule has 5 aliphatic rings. The predicted molar refractivity (Wildman–Crippen MR) is 271 cm³/mol. The van der Waals surface area contributed by atoms with E-state index >= 15 is 0 Å². The summed E-state index contributed by atoms with van der Waals surface area (Å²) in [6.07, 6.45) is 0. The van der Waals surface area contributed by atoms with Gasteiger partial charge in [-0.1, -0.05) is 19.2 Å². The predicted octanol–water partition coefficient (Wildman–Crippen LogP) is 3.67. The normalized spacial score (nSPS) is 10.9. The minimum Gasteiger partial charge on any atom is -1.00 e. The van der Waals surface area contributed by atoms with E-state index in [0.717, 1.165) is 22.4 Å². The molecule has 9 nitrogen and oxygen atoms in total. The van der Waals surface area contributed by atoms with Gasteiger partial charge >= 0.3 is 0 Å². The third-order valence-electron chi connectivity index (χ3n) is 10.2. The molecule has 4 aromatic carbocycles. The maximum Gasteiger partial charge on any atom is 0.201 e. The van der Waals surface area contributed by atoms with E-state index in [1.165, 1.54) is 73.8 Å². The smallest absolute Gasteiger partial charge is 0.201 e. The molecular formula is C49H59ClIN9S3. The summed E-state index contributed by atoms with van der Waals surface area (Å²) in [6, 6.07) is 38.7. The molecule has 0 bridgehead atoms. The molecule has 3 aliphatic heterocycles. The lowest BCUT2D eigenvalue weighted by atomic mass is 10.2. The van der Waals surface area contributed by atoms with Gasteiger partial charge in [-0.15, -0.1) is 22.7 Å². The van der Waals surface area contributed by atoms with Crippen molar-refractivity contribution in [2.24, 2.45) is 0 Å². The lowest BCUT2D eigenvalue weighted by Crippen LogP contribution is -3.00. The summed E-state index contributed by atoms with van der Waals surface area (Å²) in [4.78, 5) is 23.0. The highest BCUT2D eigenvalue weighted by Crippen LogP contribution is 2.46. The summed E-state index contributed by atoms with van der Waals surface area (Å²) < 4.78 is 6.68. The van der Waals surface area contributed by atoms with Crippen molar-refractivity contribution in [3.05, 3.63) is 120 Å². The first-order valence-electron chi connectivity index (χ1n) is 19.8. The molecule has 4 aromatic rings. The second-order valence-corrected chi connectivity index (χ2v) is 19.2. The molecule has 3 heterocycles. The molecular weight excluding hydrogens is 973 g/mol. The molecule has 1 N–H and O–H groups in total. The van der Waals surface area contributed by atoms with Crippen LogP contribution in [0.5, 0.6) is 0 Å². The molecule has 332 valence electrons. The molecule has 9 rings (SSSR count). The Morgan fingerprint density at radius 2 is 0.810 bits per heavy atom. The van der Waals surface area contributed by atoms with Crippen LogP contribution in [0.1, 0.15) is 7.43 Å². The molecule has 0 aromatic heterocycles. The number of nitrogens with zero attached hydrogens (tertiary/aromatic N) is 8. The van der Waals surface area contributed by atoms with Gasteiger partial charge in [-0.2, -0.15) is 0 Å². The summed E-state index contributed by atoms with van der Waals surface area (Å²) in [5.74, 6) is 0. The molecule has 2 aliphatic carbocycles. The van der Waals surface area contributed by atoms with Crippen molar-refractivity contribution in [1.82, 2.24) is 19.1 Å². The van der Waals surface area contributed by atoms with Crippen LogP contribution in [0.3, 0.4) is 0 Å². The first kappa shape index (κ1) is 51.0. The van der Waals surface area contributed by atoms with Gasteiger partial charge in [0, 0.05) is 113 Å². The average molecular weight is 1030 g/mol. The Morgan fingerprint density at radius 1 is 0.460 bits per heavy atom. The van der Waals surface area contributed by atoms with E-state index in [0.29, 0.717) is 0 Å². The van der Waals surface area contributed by atoms with Gasteiger partial charge in [0.05, 0.1) is 53.0 Å². The van der Waals surface area contributed by atoms with Gasteiger partial charge in [-0.3, -0.25) is 0 Å². The Labute approximate surface area is 409 Å². The minimum absolute atomic E-state index is 0. The van der Waals surface area contributed by atoms with E-state index in [9.17, 15) is 0 Å². The Morgan fingerprint density at radius 3 is 1.16 bits per heavy atom. The van der Waals surface area contributed by atoms with Gasteiger partial charge < -0.3 is 61.3 Å². The Bertz CT molecular complexity index is 2720. The van der Waals surface area contributed by atoms with Crippen molar-refractivity contribution in [2.75, 3.05) is 109 Å². The largest absolute Gasteiger partial charge is 1.00 e. The zero-order chi connectivity index (χ0) is 42.8. The number of fused-ring (bicyclic) bond motifs is 6. The van der Waals surface area contributed by atoms with E-state index in [-0.39, 0.29) is 43.8 Å². The van der Waals surface area contributed by atoms with Crippen LogP contribution in [0, 0.1) is 0 Å². The molecule has 63 heavy (non-hydrogen) atoms. The molecule has 0 saturated carbocycles. The number of nitrogens with one attached hydrogen (secondary N) is 1. The maximum absolute atomic E-state index is 4.75. The fourth-order valence-electron chi connectivity index (χ4n) is 6.53. The highest BCUT2D eigenvalue weighted by atomic mass is 127. The zero-order valence-electron chi connectivity index (χ0n) is 37.5. The van der Waals surface area contributed by atoms with E-state index in [2.05, 4.69) is 228 Å². The second kappa shape index (κ2) is 21.8. The third kappa shape index (κ3) is 11.9. The summed E-state index contributed by atoms with van der Waals surface area (Å²) >= 11 is 5.43. The molecule has 14 heteroatoms. The Hall–Kier alpha value is -4.67. The standard InChI is InChI=1S/C16H19N3S.2C16H18N3S.CH4.ClH.HI/c3*1-18(2)11-5-7-13-15(9-11)20-16-10-12(19(3)4)6-8-14(16)17-13;;;/h5-10,17H,1-4H3;2*5-10H,1-4H3;1H4;2*1H/q;2*+1;;;/p-2. The molecule has 0 unspecified atom stereocenters.